The fourth-order valence-corrected chi connectivity index (χ4v) is 4.49. The first-order valence-corrected chi connectivity index (χ1v) is 12.5. The molecule has 190 valence electrons. The van der Waals surface area contributed by atoms with Crippen LogP contribution in [0.3, 0.4) is 0 Å². The summed E-state index contributed by atoms with van der Waals surface area (Å²) in [5.74, 6) is -1.34. The molecule has 0 aliphatic carbocycles. The predicted molar refractivity (Wildman–Crippen MR) is 136 cm³/mol. The molecule has 1 unspecified atom stereocenters. The molecule has 1 amide bonds. The van der Waals surface area contributed by atoms with Crippen molar-refractivity contribution in [2.75, 3.05) is 18.5 Å². The number of anilines is 1. The minimum atomic E-state index is -0.785. The van der Waals surface area contributed by atoms with Crippen LogP contribution in [0.25, 0.3) is 11.3 Å². The van der Waals surface area contributed by atoms with Crippen molar-refractivity contribution in [3.05, 3.63) is 59.1 Å². The zero-order valence-electron chi connectivity index (χ0n) is 20.9. The molecule has 3 aromatic rings. The molecule has 1 N–H and O–H groups in total. The smallest absolute Gasteiger partial charge is 0.344 e. The number of hydrogen-bond acceptors (Lipinski definition) is 9. The van der Waals surface area contributed by atoms with Gasteiger partial charge in [-0.3, -0.25) is 10.1 Å². The largest absolute Gasteiger partial charge is 0.462 e. The van der Waals surface area contributed by atoms with Gasteiger partial charge in [0, 0.05) is 5.56 Å². The lowest BCUT2D eigenvalue weighted by molar-refractivity contribution is -0.115. The fraction of sp³-hybridized carbons (Fsp3) is 0.346. The molecule has 0 saturated heterocycles. The van der Waals surface area contributed by atoms with Crippen LogP contribution in [0.2, 0.25) is 0 Å². The number of nitrogens with one attached hydrogen (secondary N) is 1. The highest BCUT2D eigenvalue weighted by Crippen LogP contribution is 2.32. The van der Waals surface area contributed by atoms with Crippen molar-refractivity contribution < 1.29 is 28.3 Å². The first kappa shape index (κ1) is 26.9. The molecule has 3 rings (SSSR count). The van der Waals surface area contributed by atoms with Crippen LogP contribution in [0, 0.1) is 13.8 Å². The van der Waals surface area contributed by atoms with Gasteiger partial charge in [0.1, 0.15) is 27.7 Å². The number of rotatable bonds is 10. The van der Waals surface area contributed by atoms with E-state index >= 15 is 0 Å². The van der Waals surface area contributed by atoms with E-state index in [1.807, 2.05) is 43.3 Å². The molecule has 2 aromatic heterocycles. The van der Waals surface area contributed by atoms with Crippen molar-refractivity contribution in [1.29, 1.82) is 0 Å². The number of thioether (sulfide) groups is 1. The third kappa shape index (κ3) is 6.31. The maximum atomic E-state index is 13.2. The summed E-state index contributed by atoms with van der Waals surface area (Å²) in [6.45, 7) is 8.68. The van der Waals surface area contributed by atoms with Crippen LogP contribution in [0.15, 0.2) is 45.8 Å². The molecule has 0 spiro atoms. The SMILES string of the molecule is CCOC(=O)c1c(C)oc(NC(=O)C(CC)Sc2cc(-c3ccccc3)nc(C)n2)c1C(=O)OCC. The second-order valence-corrected chi connectivity index (χ2v) is 8.91. The molecular formula is C26H29N3O6S. The van der Waals surface area contributed by atoms with Gasteiger partial charge >= 0.3 is 11.9 Å². The molecule has 1 aromatic carbocycles. The summed E-state index contributed by atoms with van der Waals surface area (Å²) < 4.78 is 15.8. The lowest BCUT2D eigenvalue weighted by atomic mass is 10.1. The highest BCUT2D eigenvalue weighted by atomic mass is 32.2. The van der Waals surface area contributed by atoms with Crippen LogP contribution < -0.4 is 5.32 Å². The number of aromatic nitrogens is 2. The number of hydrogen-bond donors (Lipinski definition) is 1. The molecule has 0 fully saturated rings. The van der Waals surface area contributed by atoms with Gasteiger partial charge in [0.2, 0.25) is 11.8 Å². The Morgan fingerprint density at radius 2 is 1.61 bits per heavy atom. The topological polar surface area (TPSA) is 121 Å². The Morgan fingerprint density at radius 1 is 0.972 bits per heavy atom. The van der Waals surface area contributed by atoms with E-state index in [0.29, 0.717) is 17.3 Å². The van der Waals surface area contributed by atoms with E-state index in [-0.39, 0.29) is 36.0 Å². The number of benzene rings is 1. The molecule has 36 heavy (non-hydrogen) atoms. The van der Waals surface area contributed by atoms with Gasteiger partial charge in [-0.15, -0.1) is 0 Å². The first-order chi connectivity index (χ1) is 17.3. The highest BCUT2D eigenvalue weighted by Gasteiger charge is 2.32. The quantitative estimate of drug-likeness (QED) is 0.222. The first-order valence-electron chi connectivity index (χ1n) is 11.6. The fourth-order valence-electron chi connectivity index (χ4n) is 3.50. The van der Waals surface area contributed by atoms with Gasteiger partial charge in [-0.25, -0.2) is 19.6 Å². The Morgan fingerprint density at radius 3 is 2.22 bits per heavy atom. The highest BCUT2D eigenvalue weighted by molar-refractivity contribution is 8.00. The van der Waals surface area contributed by atoms with Gasteiger partial charge in [-0.1, -0.05) is 49.0 Å². The molecule has 0 saturated carbocycles. The summed E-state index contributed by atoms with van der Waals surface area (Å²) in [5.41, 5.74) is 1.47. The average Bonchev–Trinajstić information content (AvgIpc) is 3.18. The molecule has 2 heterocycles. The lowest BCUT2D eigenvalue weighted by Crippen LogP contribution is -2.26. The van der Waals surface area contributed by atoms with E-state index in [0.717, 1.165) is 11.3 Å². The van der Waals surface area contributed by atoms with E-state index in [1.54, 1.807) is 20.8 Å². The molecule has 0 radical (unpaired) electrons. The number of furan rings is 1. The number of aryl methyl sites for hydroxylation is 2. The Bertz CT molecular complexity index is 1240. The van der Waals surface area contributed by atoms with Gasteiger partial charge in [0.15, 0.2) is 0 Å². The standard InChI is InChI=1S/C26H29N3O6S/c1-6-19(36-20-14-18(27-16(5)28-20)17-12-10-9-11-13-17)23(30)29-24-22(26(32)34-8-3)21(15(4)35-24)25(31)33-7-2/h9-14,19H,6-8H2,1-5H3,(H,29,30). The number of nitrogens with zero attached hydrogens (tertiary/aromatic N) is 2. The summed E-state index contributed by atoms with van der Waals surface area (Å²) in [7, 11) is 0. The van der Waals surface area contributed by atoms with E-state index in [2.05, 4.69) is 15.3 Å². The Labute approximate surface area is 214 Å². The maximum Gasteiger partial charge on any atom is 0.344 e. The Kier molecular flexibility index (Phi) is 9.24. The average molecular weight is 512 g/mol. The monoisotopic (exact) mass is 511 g/mol. The normalized spacial score (nSPS) is 11.6. The van der Waals surface area contributed by atoms with Crippen molar-refractivity contribution in [1.82, 2.24) is 9.97 Å². The molecule has 0 aliphatic rings. The Hall–Kier alpha value is -3.66. The summed E-state index contributed by atoms with van der Waals surface area (Å²) in [5, 5.41) is 2.74. The zero-order valence-corrected chi connectivity index (χ0v) is 21.7. The second kappa shape index (κ2) is 12.3. The second-order valence-electron chi connectivity index (χ2n) is 7.69. The summed E-state index contributed by atoms with van der Waals surface area (Å²) in [4.78, 5) is 47.4. The van der Waals surface area contributed by atoms with Crippen molar-refractivity contribution in [3.63, 3.8) is 0 Å². The molecular weight excluding hydrogens is 482 g/mol. The van der Waals surface area contributed by atoms with Crippen molar-refractivity contribution >= 4 is 35.5 Å². The van der Waals surface area contributed by atoms with Gasteiger partial charge in [-0.05, 0) is 40.2 Å². The van der Waals surface area contributed by atoms with Crippen LogP contribution in [0.1, 0.15) is 59.5 Å². The molecule has 0 bridgehead atoms. The minimum Gasteiger partial charge on any atom is -0.462 e. The number of carbonyl (C=O) groups excluding carboxylic acids is 3. The van der Waals surface area contributed by atoms with Gasteiger partial charge in [0.05, 0.1) is 24.2 Å². The molecule has 0 aliphatic heterocycles. The van der Waals surface area contributed by atoms with E-state index in [4.69, 9.17) is 13.9 Å². The van der Waals surface area contributed by atoms with Crippen molar-refractivity contribution in [3.8, 4) is 11.3 Å². The Balaban J connectivity index is 1.88. The van der Waals surface area contributed by atoms with E-state index < -0.39 is 23.1 Å². The summed E-state index contributed by atoms with van der Waals surface area (Å²) in [6.07, 6.45) is 0.472. The van der Waals surface area contributed by atoms with Crippen LogP contribution in [-0.4, -0.2) is 46.3 Å². The molecule has 10 heteroatoms. The van der Waals surface area contributed by atoms with Gasteiger partial charge in [-0.2, -0.15) is 0 Å². The zero-order chi connectivity index (χ0) is 26.2. The lowest BCUT2D eigenvalue weighted by Gasteiger charge is -2.15. The number of ether oxygens (including phenoxy) is 2. The summed E-state index contributed by atoms with van der Waals surface area (Å²) in [6, 6.07) is 11.5. The predicted octanol–water partition coefficient (Wildman–Crippen LogP) is 5.22. The molecule has 1 atom stereocenters. The van der Waals surface area contributed by atoms with Crippen LogP contribution in [-0.2, 0) is 14.3 Å². The van der Waals surface area contributed by atoms with Gasteiger partial charge < -0.3 is 13.9 Å². The number of esters is 2. The van der Waals surface area contributed by atoms with Crippen LogP contribution in [0.5, 0.6) is 0 Å². The van der Waals surface area contributed by atoms with Crippen molar-refractivity contribution in [2.24, 2.45) is 0 Å². The van der Waals surface area contributed by atoms with E-state index in [9.17, 15) is 14.4 Å². The minimum absolute atomic E-state index is 0.0646. The summed E-state index contributed by atoms with van der Waals surface area (Å²) >= 11 is 1.28. The van der Waals surface area contributed by atoms with Gasteiger partial charge in [0.25, 0.3) is 0 Å². The third-order valence-corrected chi connectivity index (χ3v) is 6.37. The van der Waals surface area contributed by atoms with Crippen molar-refractivity contribution in [2.45, 2.75) is 51.3 Å². The number of amides is 1. The molecule has 9 nitrogen and oxygen atoms in total. The maximum absolute atomic E-state index is 13.2. The van der Waals surface area contributed by atoms with Crippen LogP contribution in [0.4, 0.5) is 5.88 Å². The third-order valence-electron chi connectivity index (χ3n) is 5.09. The number of carbonyl (C=O) groups is 3. The van der Waals surface area contributed by atoms with Crippen LogP contribution >= 0.6 is 11.8 Å². The van der Waals surface area contributed by atoms with E-state index in [1.165, 1.54) is 18.7 Å².